The van der Waals surface area contributed by atoms with Crippen LogP contribution in [0.3, 0.4) is 0 Å². The van der Waals surface area contributed by atoms with Gasteiger partial charge in [0.05, 0.1) is 5.69 Å². The second kappa shape index (κ2) is 6.81. The van der Waals surface area contributed by atoms with Crippen LogP contribution in [0.25, 0.3) is 17.1 Å². The first-order chi connectivity index (χ1) is 12.3. The van der Waals surface area contributed by atoms with Gasteiger partial charge in [0, 0.05) is 16.1 Å². The monoisotopic (exact) mass is 398 g/mol. The molecule has 4 rings (SSSR count). The molecular formula is C16H11BrN6O2. The largest absolute Gasteiger partial charge is 0.484 e. The third kappa shape index (κ3) is 3.56. The minimum Gasteiger partial charge on any atom is -0.484 e. The zero-order valence-electron chi connectivity index (χ0n) is 12.8. The van der Waals surface area contributed by atoms with E-state index in [-0.39, 0.29) is 6.61 Å². The lowest BCUT2D eigenvalue weighted by molar-refractivity contribution is 0.243. The minimum absolute atomic E-state index is 0.167. The number of tetrazole rings is 1. The standard InChI is InChI=1S/C16H11BrN6O2/c17-12-4-1-3-11(7-12)16-19-15(25-20-16)9-24-14-6-2-5-13(8-14)23-10-18-21-22-23/h1-8,10H,9H2. The fourth-order valence-corrected chi connectivity index (χ4v) is 2.60. The van der Waals surface area contributed by atoms with Gasteiger partial charge in [0.25, 0.3) is 5.89 Å². The van der Waals surface area contributed by atoms with Gasteiger partial charge in [-0.2, -0.15) is 4.98 Å². The van der Waals surface area contributed by atoms with Crippen molar-refractivity contribution in [3.8, 4) is 22.8 Å². The maximum absolute atomic E-state index is 5.72. The van der Waals surface area contributed by atoms with Gasteiger partial charge in [0.15, 0.2) is 6.61 Å². The van der Waals surface area contributed by atoms with Gasteiger partial charge in [-0.15, -0.1) is 5.10 Å². The van der Waals surface area contributed by atoms with Crippen molar-refractivity contribution in [2.75, 3.05) is 0 Å². The predicted molar refractivity (Wildman–Crippen MR) is 90.9 cm³/mol. The normalized spacial score (nSPS) is 10.8. The molecule has 0 saturated heterocycles. The van der Waals surface area contributed by atoms with E-state index in [4.69, 9.17) is 9.26 Å². The predicted octanol–water partition coefficient (Wildman–Crippen LogP) is 3.05. The summed E-state index contributed by atoms with van der Waals surface area (Å²) in [5.41, 5.74) is 1.66. The molecular weight excluding hydrogens is 388 g/mol. The molecule has 0 radical (unpaired) electrons. The molecule has 0 saturated carbocycles. The second-order valence-corrected chi connectivity index (χ2v) is 5.98. The molecule has 0 aliphatic heterocycles. The van der Waals surface area contributed by atoms with Gasteiger partial charge >= 0.3 is 0 Å². The lowest BCUT2D eigenvalue weighted by Gasteiger charge is -2.05. The summed E-state index contributed by atoms with van der Waals surface area (Å²) in [6.45, 7) is 0.167. The molecule has 2 heterocycles. The molecule has 0 aliphatic rings. The van der Waals surface area contributed by atoms with Crippen LogP contribution in [0.1, 0.15) is 5.89 Å². The van der Waals surface area contributed by atoms with E-state index in [1.54, 1.807) is 4.68 Å². The molecule has 0 amide bonds. The van der Waals surface area contributed by atoms with Gasteiger partial charge in [-0.25, -0.2) is 4.68 Å². The van der Waals surface area contributed by atoms with E-state index in [0.29, 0.717) is 17.5 Å². The Labute approximate surface area is 150 Å². The van der Waals surface area contributed by atoms with Crippen LogP contribution in [0.2, 0.25) is 0 Å². The Kier molecular flexibility index (Phi) is 4.21. The van der Waals surface area contributed by atoms with Gasteiger partial charge in [0.1, 0.15) is 12.1 Å². The number of hydrogen-bond acceptors (Lipinski definition) is 7. The first kappa shape index (κ1) is 15.5. The summed E-state index contributed by atoms with van der Waals surface area (Å²) in [5.74, 6) is 1.56. The Bertz CT molecular complexity index is 986. The van der Waals surface area contributed by atoms with Crippen LogP contribution in [-0.2, 0) is 6.61 Å². The highest BCUT2D eigenvalue weighted by Gasteiger charge is 2.10. The number of hydrogen-bond donors (Lipinski definition) is 0. The Morgan fingerprint density at radius 2 is 2.04 bits per heavy atom. The van der Waals surface area contributed by atoms with Crippen molar-refractivity contribution in [3.05, 3.63) is 65.2 Å². The Hall–Kier alpha value is -3.07. The van der Waals surface area contributed by atoms with E-state index in [1.165, 1.54) is 6.33 Å². The fourth-order valence-electron chi connectivity index (χ4n) is 2.20. The molecule has 9 heteroatoms. The lowest BCUT2D eigenvalue weighted by atomic mass is 10.2. The minimum atomic E-state index is 0.167. The van der Waals surface area contributed by atoms with Crippen LogP contribution < -0.4 is 4.74 Å². The summed E-state index contributed by atoms with van der Waals surface area (Å²) in [6.07, 6.45) is 1.52. The van der Waals surface area contributed by atoms with Crippen LogP contribution in [0.4, 0.5) is 0 Å². The van der Waals surface area contributed by atoms with Crippen molar-refractivity contribution in [3.63, 3.8) is 0 Å². The first-order valence-corrected chi connectivity index (χ1v) is 8.12. The summed E-state index contributed by atoms with van der Waals surface area (Å²) in [4.78, 5) is 4.35. The van der Waals surface area contributed by atoms with Crippen molar-refractivity contribution in [2.24, 2.45) is 0 Å². The molecule has 0 atom stereocenters. The quantitative estimate of drug-likeness (QED) is 0.509. The van der Waals surface area contributed by atoms with Gasteiger partial charge in [-0.1, -0.05) is 39.3 Å². The van der Waals surface area contributed by atoms with E-state index < -0.39 is 0 Å². The van der Waals surface area contributed by atoms with Crippen molar-refractivity contribution >= 4 is 15.9 Å². The third-order valence-corrected chi connectivity index (χ3v) is 3.84. The highest BCUT2D eigenvalue weighted by molar-refractivity contribution is 9.10. The molecule has 0 bridgehead atoms. The number of ether oxygens (including phenoxy) is 1. The molecule has 2 aromatic carbocycles. The summed E-state index contributed by atoms with van der Waals surface area (Å²) in [5, 5.41) is 15.1. The van der Waals surface area contributed by atoms with Gasteiger partial charge in [0.2, 0.25) is 5.82 Å². The Balaban J connectivity index is 1.46. The van der Waals surface area contributed by atoms with Crippen LogP contribution in [0, 0.1) is 0 Å². The third-order valence-electron chi connectivity index (χ3n) is 3.34. The van der Waals surface area contributed by atoms with Crippen molar-refractivity contribution < 1.29 is 9.26 Å². The topological polar surface area (TPSA) is 91.8 Å². The number of nitrogens with zero attached hydrogens (tertiary/aromatic N) is 6. The molecule has 0 fully saturated rings. The van der Waals surface area contributed by atoms with Gasteiger partial charge in [-0.05, 0) is 34.7 Å². The first-order valence-electron chi connectivity index (χ1n) is 7.33. The highest BCUT2D eigenvalue weighted by Crippen LogP contribution is 2.21. The number of halogens is 1. The molecule has 2 aromatic heterocycles. The summed E-state index contributed by atoms with van der Waals surface area (Å²) in [6, 6.07) is 15.1. The van der Waals surface area contributed by atoms with Crippen LogP contribution in [0.15, 0.2) is 63.9 Å². The molecule has 0 spiro atoms. The summed E-state index contributed by atoms with van der Waals surface area (Å²) >= 11 is 3.42. The van der Waals surface area contributed by atoms with E-state index in [0.717, 1.165) is 15.7 Å². The second-order valence-electron chi connectivity index (χ2n) is 5.06. The molecule has 4 aromatic rings. The average Bonchev–Trinajstić information content (AvgIpc) is 3.32. The van der Waals surface area contributed by atoms with Crippen molar-refractivity contribution in [1.82, 2.24) is 30.3 Å². The molecule has 25 heavy (non-hydrogen) atoms. The average molecular weight is 399 g/mol. The molecule has 0 unspecified atom stereocenters. The number of rotatable bonds is 5. The fraction of sp³-hybridized carbons (Fsp3) is 0.0625. The zero-order valence-corrected chi connectivity index (χ0v) is 14.4. The smallest absolute Gasteiger partial charge is 0.264 e. The van der Waals surface area contributed by atoms with Gasteiger partial charge in [-0.3, -0.25) is 0 Å². The van der Waals surface area contributed by atoms with Gasteiger partial charge < -0.3 is 9.26 Å². The van der Waals surface area contributed by atoms with E-state index >= 15 is 0 Å². The zero-order chi connectivity index (χ0) is 17.1. The molecule has 0 aliphatic carbocycles. The number of benzene rings is 2. The van der Waals surface area contributed by atoms with Crippen molar-refractivity contribution in [1.29, 1.82) is 0 Å². The molecule has 124 valence electrons. The van der Waals surface area contributed by atoms with E-state index in [2.05, 4.69) is 41.6 Å². The van der Waals surface area contributed by atoms with Crippen LogP contribution in [-0.4, -0.2) is 30.3 Å². The van der Waals surface area contributed by atoms with E-state index in [1.807, 2.05) is 48.5 Å². The number of aromatic nitrogens is 6. The van der Waals surface area contributed by atoms with E-state index in [9.17, 15) is 0 Å². The molecule has 8 nitrogen and oxygen atoms in total. The Morgan fingerprint density at radius 1 is 1.12 bits per heavy atom. The Morgan fingerprint density at radius 3 is 2.88 bits per heavy atom. The summed E-state index contributed by atoms with van der Waals surface area (Å²) in [7, 11) is 0. The summed E-state index contributed by atoms with van der Waals surface area (Å²) < 4.78 is 13.5. The highest BCUT2D eigenvalue weighted by atomic mass is 79.9. The van der Waals surface area contributed by atoms with Crippen molar-refractivity contribution in [2.45, 2.75) is 6.61 Å². The SMILES string of the molecule is Brc1cccc(-c2noc(COc3cccc(-n4cnnn4)c3)n2)c1. The maximum atomic E-state index is 5.72. The van der Waals surface area contributed by atoms with Crippen LogP contribution in [0.5, 0.6) is 5.75 Å². The lowest BCUT2D eigenvalue weighted by Crippen LogP contribution is -1.98. The maximum Gasteiger partial charge on any atom is 0.264 e. The molecule has 0 N–H and O–H groups in total. The van der Waals surface area contributed by atoms with Crippen LogP contribution >= 0.6 is 15.9 Å².